The Hall–Kier alpha value is -2.54. The van der Waals surface area contributed by atoms with Gasteiger partial charge in [0.25, 0.3) is 5.91 Å². The maximum Gasteiger partial charge on any atom is 0.255 e. The molecule has 0 heterocycles. The fourth-order valence-electron chi connectivity index (χ4n) is 2.30. The molecule has 26 heavy (non-hydrogen) atoms. The van der Waals surface area contributed by atoms with Crippen LogP contribution in [0.1, 0.15) is 10.4 Å². The predicted molar refractivity (Wildman–Crippen MR) is 111 cm³/mol. The molecule has 1 N–H and O–H groups in total. The molecule has 0 saturated heterocycles. The number of carbonyl (C=O) groups excluding carboxylic acids is 1. The average Bonchev–Trinajstić information content (AvgIpc) is 2.68. The van der Waals surface area contributed by atoms with Crippen molar-refractivity contribution in [2.75, 3.05) is 18.5 Å². The maximum absolute atomic E-state index is 12.4. The first-order valence-electron chi connectivity index (χ1n) is 8.18. The Morgan fingerprint density at radius 2 is 1.46 bits per heavy atom. The van der Waals surface area contributed by atoms with Crippen molar-refractivity contribution >= 4 is 34.2 Å². The van der Waals surface area contributed by atoms with E-state index in [1.54, 1.807) is 18.2 Å². The summed E-state index contributed by atoms with van der Waals surface area (Å²) in [5, 5.41) is 2.88. The van der Waals surface area contributed by atoms with Crippen LogP contribution in [0, 0.1) is 3.57 Å². The van der Waals surface area contributed by atoms with Gasteiger partial charge in [-0.15, -0.1) is 0 Å². The summed E-state index contributed by atoms with van der Waals surface area (Å²) in [6.07, 6.45) is 0. The third kappa shape index (κ3) is 5.49. The van der Waals surface area contributed by atoms with E-state index in [-0.39, 0.29) is 5.91 Å². The molecule has 0 aliphatic rings. The van der Waals surface area contributed by atoms with E-state index < -0.39 is 0 Å². The van der Waals surface area contributed by atoms with Crippen molar-refractivity contribution < 1.29 is 14.3 Å². The molecule has 0 saturated carbocycles. The molecule has 0 unspecified atom stereocenters. The van der Waals surface area contributed by atoms with Gasteiger partial charge in [-0.2, -0.15) is 0 Å². The average molecular weight is 459 g/mol. The summed E-state index contributed by atoms with van der Waals surface area (Å²) in [6.45, 7) is 0.834. The lowest BCUT2D eigenvalue weighted by atomic mass is 10.2. The molecule has 0 aliphatic heterocycles. The van der Waals surface area contributed by atoms with Crippen molar-refractivity contribution in [1.82, 2.24) is 0 Å². The number of hydrogen-bond acceptors (Lipinski definition) is 3. The normalized spacial score (nSPS) is 10.2. The highest BCUT2D eigenvalue weighted by atomic mass is 127. The third-order valence-corrected chi connectivity index (χ3v) is 4.28. The van der Waals surface area contributed by atoms with E-state index in [2.05, 4.69) is 27.9 Å². The monoisotopic (exact) mass is 459 g/mol. The van der Waals surface area contributed by atoms with Crippen LogP contribution in [0.15, 0.2) is 78.9 Å². The standard InChI is InChI=1S/C21H18INO3/c22-17-9-11-18(12-10-17)23-21(24)16-5-4-8-20(15-16)26-14-13-25-19-6-2-1-3-7-19/h1-12,15H,13-14H2,(H,23,24). The van der Waals surface area contributed by atoms with E-state index in [1.807, 2.05) is 60.7 Å². The van der Waals surface area contributed by atoms with Crippen LogP contribution in [0.3, 0.4) is 0 Å². The predicted octanol–water partition coefficient (Wildman–Crippen LogP) is 5.00. The number of rotatable bonds is 7. The number of hydrogen-bond donors (Lipinski definition) is 1. The van der Waals surface area contributed by atoms with Gasteiger partial charge in [0.05, 0.1) is 0 Å². The fourth-order valence-corrected chi connectivity index (χ4v) is 2.66. The number of benzene rings is 3. The van der Waals surface area contributed by atoms with Crippen LogP contribution in [0.5, 0.6) is 11.5 Å². The second kappa shape index (κ2) is 9.24. The molecule has 3 aromatic carbocycles. The first kappa shape index (κ1) is 18.3. The number of amides is 1. The third-order valence-electron chi connectivity index (χ3n) is 3.56. The van der Waals surface area contributed by atoms with Crippen LogP contribution >= 0.6 is 22.6 Å². The smallest absolute Gasteiger partial charge is 0.255 e. The van der Waals surface area contributed by atoms with Crippen molar-refractivity contribution in [2.24, 2.45) is 0 Å². The van der Waals surface area contributed by atoms with Gasteiger partial charge in [-0.1, -0.05) is 24.3 Å². The van der Waals surface area contributed by atoms with Gasteiger partial charge in [-0.25, -0.2) is 0 Å². The van der Waals surface area contributed by atoms with Crippen LogP contribution in [0.4, 0.5) is 5.69 Å². The van der Waals surface area contributed by atoms with Gasteiger partial charge in [-0.05, 0) is 77.2 Å². The zero-order valence-electron chi connectivity index (χ0n) is 14.0. The van der Waals surface area contributed by atoms with E-state index in [0.717, 1.165) is 15.0 Å². The van der Waals surface area contributed by atoms with Gasteiger partial charge in [0.1, 0.15) is 24.7 Å². The maximum atomic E-state index is 12.4. The van der Waals surface area contributed by atoms with Gasteiger partial charge < -0.3 is 14.8 Å². The van der Waals surface area contributed by atoms with Gasteiger partial charge in [0.15, 0.2) is 0 Å². The molecule has 0 radical (unpaired) electrons. The summed E-state index contributed by atoms with van der Waals surface area (Å²) in [4.78, 5) is 12.4. The number of ether oxygens (including phenoxy) is 2. The highest BCUT2D eigenvalue weighted by Crippen LogP contribution is 2.16. The summed E-state index contributed by atoms with van der Waals surface area (Å²) >= 11 is 2.23. The summed E-state index contributed by atoms with van der Waals surface area (Å²) in [7, 11) is 0. The number of para-hydroxylation sites is 1. The summed E-state index contributed by atoms with van der Waals surface area (Å²) < 4.78 is 12.4. The Bertz CT molecular complexity index is 851. The van der Waals surface area contributed by atoms with Crippen molar-refractivity contribution in [3.63, 3.8) is 0 Å². The summed E-state index contributed by atoms with van der Waals surface area (Å²) in [5.41, 5.74) is 1.31. The number of carbonyl (C=O) groups is 1. The molecular weight excluding hydrogens is 441 g/mol. The molecule has 5 heteroatoms. The van der Waals surface area contributed by atoms with E-state index in [0.29, 0.717) is 24.5 Å². The zero-order valence-corrected chi connectivity index (χ0v) is 16.2. The quantitative estimate of drug-likeness (QED) is 0.400. The van der Waals surface area contributed by atoms with E-state index in [4.69, 9.17) is 9.47 Å². The van der Waals surface area contributed by atoms with Crippen molar-refractivity contribution in [2.45, 2.75) is 0 Å². The molecule has 0 aliphatic carbocycles. The number of halogens is 1. The van der Waals surface area contributed by atoms with Gasteiger partial charge in [0, 0.05) is 14.8 Å². The van der Waals surface area contributed by atoms with E-state index in [1.165, 1.54) is 0 Å². The SMILES string of the molecule is O=C(Nc1ccc(I)cc1)c1cccc(OCCOc2ccccc2)c1. The summed E-state index contributed by atoms with van der Waals surface area (Å²) in [6, 6.07) is 24.3. The van der Waals surface area contributed by atoms with Gasteiger partial charge >= 0.3 is 0 Å². The molecule has 132 valence electrons. The second-order valence-corrected chi connectivity index (χ2v) is 6.74. The Morgan fingerprint density at radius 3 is 2.19 bits per heavy atom. The largest absolute Gasteiger partial charge is 0.490 e. The lowest BCUT2D eigenvalue weighted by Crippen LogP contribution is -2.13. The highest BCUT2D eigenvalue weighted by molar-refractivity contribution is 14.1. The molecule has 1 amide bonds. The highest BCUT2D eigenvalue weighted by Gasteiger charge is 2.07. The summed E-state index contributed by atoms with van der Waals surface area (Å²) in [5.74, 6) is 1.27. The second-order valence-electron chi connectivity index (χ2n) is 5.50. The lowest BCUT2D eigenvalue weighted by molar-refractivity contribution is 0.102. The molecule has 0 spiro atoms. The minimum absolute atomic E-state index is 0.169. The molecule has 0 fully saturated rings. The molecule has 0 aromatic heterocycles. The zero-order chi connectivity index (χ0) is 18.2. The van der Waals surface area contributed by atoms with Crippen LogP contribution in [0.2, 0.25) is 0 Å². The molecular formula is C21H18INO3. The molecule has 0 atom stereocenters. The van der Waals surface area contributed by atoms with Crippen LogP contribution in [0.25, 0.3) is 0 Å². The van der Waals surface area contributed by atoms with E-state index in [9.17, 15) is 4.79 Å². The Morgan fingerprint density at radius 1 is 0.808 bits per heavy atom. The van der Waals surface area contributed by atoms with Crippen molar-refractivity contribution in [1.29, 1.82) is 0 Å². The Kier molecular flexibility index (Phi) is 6.49. The Balaban J connectivity index is 1.52. The molecule has 3 aromatic rings. The first-order chi connectivity index (χ1) is 12.7. The molecule has 4 nitrogen and oxygen atoms in total. The number of nitrogens with one attached hydrogen (secondary N) is 1. The van der Waals surface area contributed by atoms with Gasteiger partial charge in [-0.3, -0.25) is 4.79 Å². The fraction of sp³-hybridized carbons (Fsp3) is 0.0952. The van der Waals surface area contributed by atoms with Crippen molar-refractivity contribution in [3.8, 4) is 11.5 Å². The molecule has 0 bridgehead atoms. The van der Waals surface area contributed by atoms with Crippen LogP contribution < -0.4 is 14.8 Å². The minimum atomic E-state index is -0.169. The Labute approximate surface area is 166 Å². The number of anilines is 1. The van der Waals surface area contributed by atoms with Crippen LogP contribution in [-0.2, 0) is 0 Å². The lowest BCUT2D eigenvalue weighted by Gasteiger charge is -2.10. The van der Waals surface area contributed by atoms with E-state index >= 15 is 0 Å². The topological polar surface area (TPSA) is 47.6 Å². The van der Waals surface area contributed by atoms with Crippen LogP contribution in [-0.4, -0.2) is 19.1 Å². The van der Waals surface area contributed by atoms with Crippen molar-refractivity contribution in [3.05, 3.63) is 88.0 Å². The molecule has 3 rings (SSSR count). The van der Waals surface area contributed by atoms with Gasteiger partial charge in [0.2, 0.25) is 0 Å². The first-order valence-corrected chi connectivity index (χ1v) is 9.26. The minimum Gasteiger partial charge on any atom is -0.490 e.